The summed E-state index contributed by atoms with van der Waals surface area (Å²) in [6, 6.07) is 13.9. The molecule has 1 aromatic heterocycles. The fourth-order valence-electron chi connectivity index (χ4n) is 2.96. The van der Waals surface area contributed by atoms with E-state index in [-0.39, 0.29) is 28.5 Å². The van der Waals surface area contributed by atoms with E-state index in [0.29, 0.717) is 27.5 Å². The van der Waals surface area contributed by atoms with Crippen molar-refractivity contribution in [2.24, 2.45) is 0 Å². The first-order chi connectivity index (χ1) is 13.0. The fourth-order valence-corrected chi connectivity index (χ4v) is 3.17. The van der Waals surface area contributed by atoms with Gasteiger partial charge >= 0.3 is 0 Å². The second kappa shape index (κ2) is 6.37. The number of Topliss-reactive ketones (excluding diaryl/α,β-unsaturated/α-hetero) is 2. The smallest absolute Gasteiger partial charge is 0.197 e. The highest BCUT2D eigenvalue weighted by molar-refractivity contribution is 6.41. The van der Waals surface area contributed by atoms with Gasteiger partial charge in [-0.05, 0) is 35.9 Å². The number of halogens is 1. The Morgan fingerprint density at radius 3 is 2.22 bits per heavy atom. The van der Waals surface area contributed by atoms with Crippen LogP contribution in [-0.2, 0) is 0 Å². The van der Waals surface area contributed by atoms with Crippen LogP contribution in [0.1, 0.15) is 36.8 Å². The van der Waals surface area contributed by atoms with Gasteiger partial charge < -0.3 is 14.3 Å². The Balaban J connectivity index is 1.72. The third kappa shape index (κ3) is 2.88. The molecule has 0 fully saturated rings. The minimum Gasteiger partial charge on any atom is -0.545 e. The molecule has 5 nitrogen and oxygen atoms in total. The summed E-state index contributed by atoms with van der Waals surface area (Å²) in [4.78, 5) is 35.9. The van der Waals surface area contributed by atoms with E-state index in [1.54, 1.807) is 36.4 Å². The van der Waals surface area contributed by atoms with Crippen LogP contribution >= 0.6 is 11.6 Å². The number of carboxylic acid groups (broad SMARTS) is 1. The predicted octanol–water partition coefficient (Wildman–Crippen LogP) is 3.43. The number of allylic oxidation sites excluding steroid dienone is 1. The second-order valence-corrected chi connectivity index (χ2v) is 6.35. The Kier molecular flexibility index (Phi) is 4.01. The average Bonchev–Trinajstić information content (AvgIpc) is 3.21. The van der Waals surface area contributed by atoms with Crippen molar-refractivity contribution >= 4 is 35.2 Å². The number of ketones is 2. The number of carboxylic acids is 1. The van der Waals surface area contributed by atoms with Crippen LogP contribution in [0.15, 0.2) is 64.6 Å². The molecule has 1 aliphatic rings. The van der Waals surface area contributed by atoms with Gasteiger partial charge in [-0.1, -0.05) is 41.9 Å². The van der Waals surface area contributed by atoms with Gasteiger partial charge in [-0.2, -0.15) is 0 Å². The molecule has 2 aromatic carbocycles. The quantitative estimate of drug-likeness (QED) is 0.515. The first-order valence-corrected chi connectivity index (χ1v) is 8.35. The monoisotopic (exact) mass is 377 g/mol. The maximum Gasteiger partial charge on any atom is 0.197 e. The van der Waals surface area contributed by atoms with E-state index in [4.69, 9.17) is 16.0 Å². The number of rotatable bonds is 3. The van der Waals surface area contributed by atoms with Gasteiger partial charge in [-0.15, -0.1) is 0 Å². The Morgan fingerprint density at radius 2 is 1.59 bits per heavy atom. The molecule has 4 rings (SSSR count). The Hall–Kier alpha value is -3.44. The maximum atomic E-state index is 12.4. The van der Waals surface area contributed by atoms with Crippen molar-refractivity contribution in [3.63, 3.8) is 0 Å². The van der Waals surface area contributed by atoms with Crippen molar-refractivity contribution < 1.29 is 23.9 Å². The number of fused-ring (bicyclic) bond motifs is 1. The molecule has 0 bridgehead atoms. The molecule has 3 aromatic rings. The zero-order valence-corrected chi connectivity index (χ0v) is 14.4. The summed E-state index contributed by atoms with van der Waals surface area (Å²) in [5.74, 6) is -1.45. The minimum absolute atomic E-state index is 0.0201. The molecule has 0 spiro atoms. The molecule has 0 saturated heterocycles. The summed E-state index contributed by atoms with van der Waals surface area (Å²) >= 11 is 6.13. The normalized spacial score (nSPS) is 13.0. The molecule has 0 saturated carbocycles. The van der Waals surface area contributed by atoms with Gasteiger partial charge in [0.05, 0.1) is 16.6 Å². The molecule has 1 aliphatic carbocycles. The fraction of sp³-hybridized carbons (Fsp3) is 0. The first-order valence-electron chi connectivity index (χ1n) is 7.97. The predicted molar refractivity (Wildman–Crippen MR) is 96.6 cm³/mol. The number of carbonyl (C=O) groups excluding carboxylic acids is 3. The molecule has 0 radical (unpaired) electrons. The zero-order valence-electron chi connectivity index (χ0n) is 13.7. The lowest BCUT2D eigenvalue weighted by Crippen LogP contribution is -2.22. The molecular formula is C21H10ClO5-. The maximum absolute atomic E-state index is 12.4. The van der Waals surface area contributed by atoms with Crippen LogP contribution < -0.4 is 5.11 Å². The zero-order chi connectivity index (χ0) is 19.1. The van der Waals surface area contributed by atoms with Gasteiger partial charge in [0.2, 0.25) is 0 Å². The molecule has 27 heavy (non-hydrogen) atoms. The number of hydrogen-bond acceptors (Lipinski definition) is 5. The molecule has 0 unspecified atom stereocenters. The van der Waals surface area contributed by atoms with E-state index in [2.05, 4.69) is 0 Å². The topological polar surface area (TPSA) is 87.4 Å². The highest BCUT2D eigenvalue weighted by Crippen LogP contribution is 2.32. The van der Waals surface area contributed by atoms with Crippen molar-refractivity contribution in [1.29, 1.82) is 0 Å². The van der Waals surface area contributed by atoms with Gasteiger partial charge in [0, 0.05) is 16.7 Å². The van der Waals surface area contributed by atoms with Crippen LogP contribution in [0.2, 0.25) is 5.02 Å². The molecule has 6 heteroatoms. The van der Waals surface area contributed by atoms with E-state index in [1.165, 1.54) is 24.3 Å². The number of furan rings is 1. The van der Waals surface area contributed by atoms with Crippen LogP contribution in [0.4, 0.5) is 0 Å². The SMILES string of the molecule is O=C([O-])c1ccc(Cl)c(-c2ccc(C=C3C(=O)c4ccccc4C3=O)o2)c1. The molecular weight excluding hydrogens is 368 g/mol. The van der Waals surface area contributed by atoms with Crippen molar-refractivity contribution in [2.45, 2.75) is 0 Å². The second-order valence-electron chi connectivity index (χ2n) is 5.95. The Morgan fingerprint density at radius 1 is 0.926 bits per heavy atom. The summed E-state index contributed by atoms with van der Waals surface area (Å²) < 4.78 is 5.66. The molecule has 1 heterocycles. The van der Waals surface area contributed by atoms with Gasteiger partial charge in [0.1, 0.15) is 11.5 Å². The Bertz CT molecular complexity index is 1120. The Labute approximate surface area is 158 Å². The molecule has 0 atom stereocenters. The molecule has 132 valence electrons. The summed E-state index contributed by atoms with van der Waals surface area (Å²) in [6.07, 6.45) is 1.38. The van der Waals surface area contributed by atoms with Crippen LogP contribution in [-0.4, -0.2) is 17.5 Å². The van der Waals surface area contributed by atoms with Crippen LogP contribution in [0.25, 0.3) is 17.4 Å². The van der Waals surface area contributed by atoms with Gasteiger partial charge in [0.15, 0.2) is 11.6 Å². The van der Waals surface area contributed by atoms with E-state index < -0.39 is 5.97 Å². The van der Waals surface area contributed by atoms with Crippen LogP contribution in [0, 0.1) is 0 Å². The third-order valence-electron chi connectivity index (χ3n) is 4.29. The summed E-state index contributed by atoms with van der Waals surface area (Å²) in [7, 11) is 0. The highest BCUT2D eigenvalue weighted by Gasteiger charge is 2.32. The van der Waals surface area contributed by atoms with E-state index >= 15 is 0 Å². The number of aromatic carboxylic acids is 1. The van der Waals surface area contributed by atoms with Crippen molar-refractivity contribution in [3.05, 3.63) is 87.6 Å². The van der Waals surface area contributed by atoms with E-state index in [1.807, 2.05) is 0 Å². The lowest BCUT2D eigenvalue weighted by molar-refractivity contribution is -0.255. The molecule has 0 aliphatic heterocycles. The minimum atomic E-state index is -1.33. The number of carbonyl (C=O) groups is 3. The molecule has 0 amide bonds. The van der Waals surface area contributed by atoms with Gasteiger partial charge in [-0.3, -0.25) is 9.59 Å². The van der Waals surface area contributed by atoms with Gasteiger partial charge in [-0.25, -0.2) is 0 Å². The lowest BCUT2D eigenvalue weighted by atomic mass is 10.1. The third-order valence-corrected chi connectivity index (χ3v) is 4.62. The standard InChI is InChI=1S/C21H11ClO5/c22-17-7-5-11(21(25)26)9-15(17)18-8-6-12(27-18)10-16-19(23)13-3-1-2-4-14(13)20(16)24/h1-10H,(H,25,26)/p-1. The first kappa shape index (κ1) is 17.0. The molecule has 0 N–H and O–H groups in total. The van der Waals surface area contributed by atoms with Crippen LogP contribution in [0.3, 0.4) is 0 Å². The van der Waals surface area contributed by atoms with E-state index in [9.17, 15) is 19.5 Å². The summed E-state index contributed by atoms with van der Waals surface area (Å²) in [5.41, 5.74) is 1.08. The summed E-state index contributed by atoms with van der Waals surface area (Å²) in [6.45, 7) is 0. The number of hydrogen-bond donors (Lipinski definition) is 0. The van der Waals surface area contributed by atoms with Crippen molar-refractivity contribution in [2.75, 3.05) is 0 Å². The summed E-state index contributed by atoms with van der Waals surface area (Å²) in [5, 5.41) is 11.3. The highest BCUT2D eigenvalue weighted by atomic mass is 35.5. The largest absolute Gasteiger partial charge is 0.545 e. The lowest BCUT2D eigenvalue weighted by Gasteiger charge is -2.06. The van der Waals surface area contributed by atoms with Crippen molar-refractivity contribution in [1.82, 2.24) is 0 Å². The van der Waals surface area contributed by atoms with E-state index in [0.717, 1.165) is 0 Å². The van der Waals surface area contributed by atoms with Crippen molar-refractivity contribution in [3.8, 4) is 11.3 Å². The van der Waals surface area contributed by atoms with Gasteiger partial charge in [0.25, 0.3) is 0 Å². The number of benzene rings is 2. The average molecular weight is 378 g/mol. The van der Waals surface area contributed by atoms with Crippen LogP contribution in [0.5, 0.6) is 0 Å².